The maximum atomic E-state index is 10.9. The first kappa shape index (κ1) is 10.0. The van der Waals surface area contributed by atoms with Gasteiger partial charge in [0.2, 0.25) is 5.82 Å². The zero-order valence-electron chi connectivity index (χ0n) is 8.31. The molecule has 1 aliphatic carbocycles. The number of hydrogen-bond donors (Lipinski definition) is 2. The topological polar surface area (TPSA) is 89.1 Å². The molecule has 1 aliphatic rings. The minimum Gasteiger partial charge on any atom is -0.384 e. The van der Waals surface area contributed by atoms with Gasteiger partial charge in [0.1, 0.15) is 5.60 Å². The number of carbonyl (C=O) groups excluding carboxylic acids is 1. The number of aliphatic hydroxyl groups is 1. The maximum Gasteiger partial charge on any atom is 0.286 e. The molecule has 0 saturated heterocycles. The Morgan fingerprint density at radius 3 is 2.73 bits per heavy atom. The summed E-state index contributed by atoms with van der Waals surface area (Å²) in [6.45, 7) is 0. The van der Waals surface area contributed by atoms with Crippen molar-refractivity contribution in [2.24, 2.45) is 5.73 Å². The lowest BCUT2D eigenvalue weighted by Gasteiger charge is -2.21. The molecule has 1 saturated carbocycles. The lowest BCUT2D eigenvalue weighted by molar-refractivity contribution is 0.0396. The van der Waals surface area contributed by atoms with Crippen LogP contribution in [0.15, 0.2) is 12.3 Å². The fraction of sp³-hybridized carbons (Fsp3) is 0.500. The summed E-state index contributed by atoms with van der Waals surface area (Å²) in [6.07, 6.45) is 4.78. The van der Waals surface area contributed by atoms with Gasteiger partial charge in [-0.2, -0.15) is 0 Å². The van der Waals surface area contributed by atoms with Crippen molar-refractivity contribution in [2.75, 3.05) is 0 Å². The van der Waals surface area contributed by atoms with Crippen LogP contribution in [0, 0.1) is 0 Å². The molecule has 2 rings (SSSR count). The van der Waals surface area contributed by atoms with Gasteiger partial charge in [-0.05, 0) is 18.9 Å². The quantitative estimate of drug-likeness (QED) is 0.731. The summed E-state index contributed by atoms with van der Waals surface area (Å²) in [5.41, 5.74) is 4.69. The van der Waals surface area contributed by atoms with Gasteiger partial charge in [0.15, 0.2) is 0 Å². The molecule has 1 aromatic heterocycles. The summed E-state index contributed by atoms with van der Waals surface area (Å²) in [5, 5.41) is 10.2. The second-order valence-electron chi connectivity index (χ2n) is 3.87. The average molecular weight is 207 g/mol. The van der Waals surface area contributed by atoms with E-state index in [-0.39, 0.29) is 5.82 Å². The number of carbonyl (C=O) groups is 1. The van der Waals surface area contributed by atoms with Crippen LogP contribution >= 0.6 is 0 Å². The van der Waals surface area contributed by atoms with Crippen LogP contribution in [0.5, 0.6) is 0 Å². The van der Waals surface area contributed by atoms with Gasteiger partial charge in [-0.25, -0.2) is 9.97 Å². The highest BCUT2D eigenvalue weighted by atomic mass is 16.3. The van der Waals surface area contributed by atoms with Crippen molar-refractivity contribution in [1.82, 2.24) is 9.97 Å². The standard InChI is InChI=1S/C10H13N3O2/c11-8(14)9-12-6-3-7(13-9)10(15)4-1-2-5-10/h3,6,15H,1-2,4-5H2,(H2,11,14). The summed E-state index contributed by atoms with van der Waals surface area (Å²) in [7, 11) is 0. The Labute approximate surface area is 87.4 Å². The largest absolute Gasteiger partial charge is 0.384 e. The van der Waals surface area contributed by atoms with Crippen LogP contribution in [-0.4, -0.2) is 21.0 Å². The fourth-order valence-electron chi connectivity index (χ4n) is 1.95. The van der Waals surface area contributed by atoms with E-state index in [1.54, 1.807) is 6.07 Å². The highest BCUT2D eigenvalue weighted by Gasteiger charge is 2.34. The zero-order valence-corrected chi connectivity index (χ0v) is 8.31. The summed E-state index contributed by atoms with van der Waals surface area (Å²) in [5.74, 6) is -0.703. The molecule has 0 atom stereocenters. The molecule has 0 radical (unpaired) electrons. The minimum atomic E-state index is -0.896. The molecule has 5 nitrogen and oxygen atoms in total. The summed E-state index contributed by atoms with van der Waals surface area (Å²) >= 11 is 0. The molecule has 15 heavy (non-hydrogen) atoms. The lowest BCUT2D eigenvalue weighted by Crippen LogP contribution is -2.25. The molecule has 1 amide bonds. The van der Waals surface area contributed by atoms with E-state index in [1.165, 1.54) is 6.20 Å². The van der Waals surface area contributed by atoms with Gasteiger partial charge in [-0.3, -0.25) is 4.79 Å². The van der Waals surface area contributed by atoms with E-state index in [0.29, 0.717) is 18.5 Å². The number of nitrogens with two attached hydrogens (primary N) is 1. The Kier molecular flexibility index (Phi) is 2.40. The monoisotopic (exact) mass is 207 g/mol. The SMILES string of the molecule is NC(=O)c1nccc(C2(O)CCCC2)n1. The van der Waals surface area contributed by atoms with E-state index in [0.717, 1.165) is 12.8 Å². The number of nitrogens with zero attached hydrogens (tertiary/aromatic N) is 2. The first-order valence-electron chi connectivity index (χ1n) is 4.97. The number of rotatable bonds is 2. The van der Waals surface area contributed by atoms with Crippen LogP contribution in [0.25, 0.3) is 0 Å². The van der Waals surface area contributed by atoms with Gasteiger partial charge in [-0.1, -0.05) is 12.8 Å². The highest BCUT2D eigenvalue weighted by molar-refractivity contribution is 5.88. The molecule has 3 N–H and O–H groups in total. The van der Waals surface area contributed by atoms with Crippen LogP contribution in [0.1, 0.15) is 42.0 Å². The lowest BCUT2D eigenvalue weighted by atomic mass is 9.98. The van der Waals surface area contributed by atoms with E-state index in [2.05, 4.69) is 9.97 Å². The van der Waals surface area contributed by atoms with Crippen molar-refractivity contribution in [3.63, 3.8) is 0 Å². The van der Waals surface area contributed by atoms with Gasteiger partial charge >= 0.3 is 0 Å². The van der Waals surface area contributed by atoms with E-state index in [1.807, 2.05) is 0 Å². The van der Waals surface area contributed by atoms with Gasteiger partial charge < -0.3 is 10.8 Å². The maximum absolute atomic E-state index is 10.9. The Morgan fingerprint density at radius 2 is 2.13 bits per heavy atom. The van der Waals surface area contributed by atoms with Crippen LogP contribution in [0.3, 0.4) is 0 Å². The highest BCUT2D eigenvalue weighted by Crippen LogP contribution is 2.37. The Balaban J connectivity index is 2.36. The molecule has 1 fully saturated rings. The Bertz CT molecular complexity index is 386. The summed E-state index contributed by atoms with van der Waals surface area (Å²) < 4.78 is 0. The second-order valence-corrected chi connectivity index (χ2v) is 3.87. The van der Waals surface area contributed by atoms with Gasteiger partial charge in [-0.15, -0.1) is 0 Å². The smallest absolute Gasteiger partial charge is 0.286 e. The predicted molar refractivity (Wildman–Crippen MR) is 52.9 cm³/mol. The van der Waals surface area contributed by atoms with E-state index in [9.17, 15) is 9.90 Å². The van der Waals surface area contributed by atoms with Crippen molar-refractivity contribution < 1.29 is 9.90 Å². The van der Waals surface area contributed by atoms with Crippen LogP contribution in [0.4, 0.5) is 0 Å². The third-order valence-corrected chi connectivity index (χ3v) is 2.78. The molecule has 0 spiro atoms. The first-order chi connectivity index (χ1) is 7.12. The summed E-state index contributed by atoms with van der Waals surface area (Å²) in [6, 6.07) is 1.64. The van der Waals surface area contributed by atoms with Gasteiger partial charge in [0.25, 0.3) is 5.91 Å². The predicted octanol–water partition coefficient (Wildman–Crippen LogP) is 0.337. The third-order valence-electron chi connectivity index (χ3n) is 2.78. The molecule has 80 valence electrons. The zero-order chi connectivity index (χ0) is 10.9. The van der Waals surface area contributed by atoms with Crippen LogP contribution in [0.2, 0.25) is 0 Å². The van der Waals surface area contributed by atoms with Crippen molar-refractivity contribution in [3.05, 3.63) is 23.8 Å². The van der Waals surface area contributed by atoms with E-state index in [4.69, 9.17) is 5.73 Å². The molecule has 1 heterocycles. The molecule has 0 aliphatic heterocycles. The first-order valence-corrected chi connectivity index (χ1v) is 4.97. The normalized spacial score (nSPS) is 19.0. The Morgan fingerprint density at radius 1 is 1.47 bits per heavy atom. The minimum absolute atomic E-state index is 0.0344. The van der Waals surface area contributed by atoms with Crippen LogP contribution in [-0.2, 0) is 5.60 Å². The molecular weight excluding hydrogens is 194 g/mol. The van der Waals surface area contributed by atoms with Crippen molar-refractivity contribution in [2.45, 2.75) is 31.3 Å². The molecular formula is C10H13N3O2. The summed E-state index contributed by atoms with van der Waals surface area (Å²) in [4.78, 5) is 18.6. The van der Waals surface area contributed by atoms with Crippen LogP contribution < -0.4 is 5.73 Å². The molecule has 0 aromatic carbocycles. The van der Waals surface area contributed by atoms with E-state index < -0.39 is 11.5 Å². The average Bonchev–Trinajstić information content (AvgIpc) is 2.67. The number of amides is 1. The number of primary amides is 1. The van der Waals surface area contributed by atoms with E-state index >= 15 is 0 Å². The van der Waals surface area contributed by atoms with Crippen molar-refractivity contribution in [3.8, 4) is 0 Å². The molecule has 0 unspecified atom stereocenters. The third kappa shape index (κ3) is 1.83. The fourth-order valence-corrected chi connectivity index (χ4v) is 1.95. The number of aromatic nitrogens is 2. The number of hydrogen-bond acceptors (Lipinski definition) is 4. The molecule has 1 aromatic rings. The second kappa shape index (κ2) is 3.58. The molecule has 5 heteroatoms. The van der Waals surface area contributed by atoms with Crippen molar-refractivity contribution in [1.29, 1.82) is 0 Å². The van der Waals surface area contributed by atoms with Crippen molar-refractivity contribution >= 4 is 5.91 Å². The van der Waals surface area contributed by atoms with Gasteiger partial charge in [0, 0.05) is 6.20 Å². The van der Waals surface area contributed by atoms with Gasteiger partial charge in [0.05, 0.1) is 5.69 Å². The Hall–Kier alpha value is -1.49. The molecule has 0 bridgehead atoms.